The van der Waals surface area contributed by atoms with Gasteiger partial charge in [0.25, 0.3) is 0 Å². The molecule has 25 heavy (non-hydrogen) atoms. The molecule has 2 aromatic carbocycles. The van der Waals surface area contributed by atoms with Crippen LogP contribution in [-0.2, 0) is 11.2 Å². The molecule has 1 saturated carbocycles. The summed E-state index contributed by atoms with van der Waals surface area (Å²) >= 11 is 0. The normalized spacial score (nSPS) is 15.0. The monoisotopic (exact) mass is 345 g/mol. The van der Waals surface area contributed by atoms with Crippen LogP contribution in [0.15, 0.2) is 48.5 Å². The predicted octanol–water partition coefficient (Wildman–Crippen LogP) is 3.62. The first-order chi connectivity index (χ1) is 12.0. The Balaban J connectivity index is 1.60. The average molecular weight is 345 g/mol. The van der Waals surface area contributed by atoms with Gasteiger partial charge in [-0.05, 0) is 54.7 Å². The number of nitrogens with zero attached hydrogens (tertiary/aromatic N) is 1. The minimum Gasteiger partial charge on any atom is -0.387 e. The smallest absolute Gasteiger partial charge is 0.223 e. The zero-order chi connectivity index (χ0) is 17.8. The first-order valence-electron chi connectivity index (χ1n) is 8.50. The van der Waals surface area contributed by atoms with Crippen molar-refractivity contribution < 1.29 is 18.7 Å². The van der Waals surface area contributed by atoms with E-state index in [4.69, 9.17) is 0 Å². The molecule has 1 N–H and O–H groups in total. The molecule has 1 aliphatic carbocycles. The van der Waals surface area contributed by atoms with Crippen LogP contribution in [0, 0.1) is 11.6 Å². The maximum atomic E-state index is 13.2. The molecule has 0 unspecified atom stereocenters. The Morgan fingerprint density at radius 2 is 1.84 bits per heavy atom. The summed E-state index contributed by atoms with van der Waals surface area (Å²) in [5.74, 6) is -0.718. The molecule has 1 aliphatic rings. The van der Waals surface area contributed by atoms with Crippen molar-refractivity contribution in [1.29, 1.82) is 0 Å². The zero-order valence-electron chi connectivity index (χ0n) is 13.9. The highest BCUT2D eigenvalue weighted by Gasteiger charge is 2.33. The SMILES string of the molecule is O=C(CCc1cccc(F)c1)N(C[C@H](O)c1ccc(F)cc1)C1CC1. The van der Waals surface area contributed by atoms with Crippen molar-refractivity contribution in [3.05, 3.63) is 71.3 Å². The minimum absolute atomic E-state index is 0.0482. The fourth-order valence-electron chi connectivity index (χ4n) is 2.90. The number of aliphatic hydroxyl groups excluding tert-OH is 1. The molecule has 0 heterocycles. The second-order valence-corrected chi connectivity index (χ2v) is 6.47. The number of hydrogen-bond donors (Lipinski definition) is 1. The number of carbonyl (C=O) groups is 1. The van der Waals surface area contributed by atoms with Gasteiger partial charge in [-0.3, -0.25) is 4.79 Å². The molecule has 0 radical (unpaired) electrons. The quantitative estimate of drug-likeness (QED) is 0.833. The number of hydrogen-bond acceptors (Lipinski definition) is 2. The molecule has 0 spiro atoms. The third-order valence-electron chi connectivity index (χ3n) is 4.45. The molecule has 3 rings (SSSR count). The number of rotatable bonds is 7. The first-order valence-corrected chi connectivity index (χ1v) is 8.50. The van der Waals surface area contributed by atoms with Crippen LogP contribution in [0.25, 0.3) is 0 Å². The third-order valence-corrected chi connectivity index (χ3v) is 4.45. The summed E-state index contributed by atoms with van der Waals surface area (Å²) in [4.78, 5) is 14.3. The number of amides is 1. The van der Waals surface area contributed by atoms with Crippen LogP contribution < -0.4 is 0 Å². The van der Waals surface area contributed by atoms with Crippen LogP contribution >= 0.6 is 0 Å². The zero-order valence-corrected chi connectivity index (χ0v) is 13.9. The van der Waals surface area contributed by atoms with Crippen LogP contribution in [0.1, 0.15) is 36.5 Å². The molecule has 0 saturated heterocycles. The van der Waals surface area contributed by atoms with Crippen LogP contribution in [0.3, 0.4) is 0 Å². The number of aliphatic hydroxyl groups is 1. The van der Waals surface area contributed by atoms with E-state index in [-0.39, 0.29) is 36.5 Å². The second kappa shape index (κ2) is 7.74. The van der Waals surface area contributed by atoms with Gasteiger partial charge in [-0.25, -0.2) is 8.78 Å². The summed E-state index contributed by atoms with van der Waals surface area (Å²) in [7, 11) is 0. The molecule has 5 heteroatoms. The van der Waals surface area contributed by atoms with Gasteiger partial charge in [0, 0.05) is 12.5 Å². The Kier molecular flexibility index (Phi) is 5.43. The standard InChI is InChI=1S/C20H21F2NO2/c21-16-7-5-15(6-8-16)19(24)13-23(18-9-10-18)20(25)11-4-14-2-1-3-17(22)12-14/h1-3,5-8,12,18-19,24H,4,9-11,13H2/t19-/m0/s1. The summed E-state index contributed by atoms with van der Waals surface area (Å²) in [5, 5.41) is 10.4. The van der Waals surface area contributed by atoms with E-state index in [1.165, 1.54) is 36.4 Å². The molecule has 0 aliphatic heterocycles. The molecule has 1 amide bonds. The van der Waals surface area contributed by atoms with E-state index in [0.717, 1.165) is 18.4 Å². The number of carbonyl (C=O) groups excluding carboxylic acids is 1. The van der Waals surface area contributed by atoms with Gasteiger partial charge in [0.1, 0.15) is 11.6 Å². The van der Waals surface area contributed by atoms with Gasteiger partial charge in [0.2, 0.25) is 5.91 Å². The summed E-state index contributed by atoms with van der Waals surface area (Å²) in [6, 6.07) is 12.1. The van der Waals surface area contributed by atoms with Crippen LogP contribution in [0.4, 0.5) is 8.78 Å². The molecule has 1 fully saturated rings. The topological polar surface area (TPSA) is 40.5 Å². The van der Waals surface area contributed by atoms with E-state index < -0.39 is 6.10 Å². The van der Waals surface area contributed by atoms with E-state index in [1.807, 2.05) is 0 Å². The van der Waals surface area contributed by atoms with E-state index in [1.54, 1.807) is 17.0 Å². The van der Waals surface area contributed by atoms with Gasteiger partial charge < -0.3 is 10.0 Å². The lowest BCUT2D eigenvalue weighted by Gasteiger charge is -2.25. The van der Waals surface area contributed by atoms with Crippen LogP contribution in [0.5, 0.6) is 0 Å². The molecular weight excluding hydrogens is 324 g/mol. The lowest BCUT2D eigenvalue weighted by atomic mass is 10.1. The van der Waals surface area contributed by atoms with E-state index in [2.05, 4.69) is 0 Å². The summed E-state index contributed by atoms with van der Waals surface area (Å²) < 4.78 is 26.2. The van der Waals surface area contributed by atoms with Crippen molar-refractivity contribution >= 4 is 5.91 Å². The summed E-state index contributed by atoms with van der Waals surface area (Å²) in [5.41, 5.74) is 1.37. The fourth-order valence-corrected chi connectivity index (χ4v) is 2.90. The fraction of sp³-hybridized carbons (Fsp3) is 0.350. The molecule has 0 aromatic heterocycles. The molecule has 1 atom stereocenters. The highest BCUT2D eigenvalue weighted by molar-refractivity contribution is 5.77. The number of benzene rings is 2. The van der Waals surface area contributed by atoms with Crippen LogP contribution in [-0.4, -0.2) is 28.5 Å². The number of aryl methyl sites for hydroxylation is 1. The number of halogens is 2. The Morgan fingerprint density at radius 1 is 1.12 bits per heavy atom. The van der Waals surface area contributed by atoms with Crippen molar-refractivity contribution in [1.82, 2.24) is 4.90 Å². The lowest BCUT2D eigenvalue weighted by Crippen LogP contribution is -2.36. The van der Waals surface area contributed by atoms with Gasteiger partial charge in [-0.15, -0.1) is 0 Å². The third kappa shape index (κ3) is 4.86. The lowest BCUT2D eigenvalue weighted by molar-refractivity contribution is -0.133. The van der Waals surface area contributed by atoms with Gasteiger partial charge in [0.05, 0.1) is 12.6 Å². The van der Waals surface area contributed by atoms with E-state index in [0.29, 0.717) is 12.0 Å². The molecule has 0 bridgehead atoms. The minimum atomic E-state index is -0.848. The maximum absolute atomic E-state index is 13.2. The van der Waals surface area contributed by atoms with Crippen molar-refractivity contribution in [3.8, 4) is 0 Å². The highest BCUT2D eigenvalue weighted by Crippen LogP contribution is 2.29. The van der Waals surface area contributed by atoms with Crippen molar-refractivity contribution in [2.24, 2.45) is 0 Å². The highest BCUT2D eigenvalue weighted by atomic mass is 19.1. The Morgan fingerprint density at radius 3 is 2.48 bits per heavy atom. The van der Waals surface area contributed by atoms with Gasteiger partial charge in [-0.1, -0.05) is 24.3 Å². The molecule has 2 aromatic rings. The largest absolute Gasteiger partial charge is 0.387 e. The Hall–Kier alpha value is -2.27. The average Bonchev–Trinajstić information content (AvgIpc) is 3.43. The van der Waals surface area contributed by atoms with E-state index >= 15 is 0 Å². The molecule has 132 valence electrons. The predicted molar refractivity (Wildman–Crippen MR) is 90.8 cm³/mol. The summed E-state index contributed by atoms with van der Waals surface area (Å²) in [6.07, 6.45) is 1.76. The molecular formula is C20H21F2NO2. The van der Waals surface area contributed by atoms with Crippen molar-refractivity contribution in [3.63, 3.8) is 0 Å². The van der Waals surface area contributed by atoms with Crippen molar-refractivity contribution in [2.45, 2.75) is 37.8 Å². The van der Waals surface area contributed by atoms with Gasteiger partial charge in [-0.2, -0.15) is 0 Å². The van der Waals surface area contributed by atoms with E-state index in [9.17, 15) is 18.7 Å². The van der Waals surface area contributed by atoms with Gasteiger partial charge >= 0.3 is 0 Å². The van der Waals surface area contributed by atoms with Crippen LogP contribution in [0.2, 0.25) is 0 Å². The Labute approximate surface area is 145 Å². The Bertz CT molecular complexity index is 729. The second-order valence-electron chi connectivity index (χ2n) is 6.47. The molecule has 3 nitrogen and oxygen atoms in total. The van der Waals surface area contributed by atoms with Crippen molar-refractivity contribution in [2.75, 3.05) is 6.54 Å². The summed E-state index contributed by atoms with van der Waals surface area (Å²) in [6.45, 7) is 0.193. The maximum Gasteiger partial charge on any atom is 0.223 e. The van der Waals surface area contributed by atoms with Gasteiger partial charge in [0.15, 0.2) is 0 Å². The first kappa shape index (κ1) is 17.5.